The maximum absolute atomic E-state index is 12.0. The van der Waals surface area contributed by atoms with Crippen molar-refractivity contribution in [3.05, 3.63) is 52.7 Å². The maximum Gasteiger partial charge on any atom is 0.332 e. The summed E-state index contributed by atoms with van der Waals surface area (Å²) in [5.41, 5.74) is 2.20. The van der Waals surface area contributed by atoms with Crippen molar-refractivity contribution in [3.8, 4) is 5.69 Å². The summed E-state index contributed by atoms with van der Waals surface area (Å²) >= 11 is 0. The Kier molecular flexibility index (Phi) is 2.82. The van der Waals surface area contributed by atoms with Crippen LogP contribution in [0.5, 0.6) is 0 Å². The Balaban J connectivity index is 2.05. The highest BCUT2D eigenvalue weighted by molar-refractivity contribution is 5.39. The molecule has 19 heavy (non-hydrogen) atoms. The van der Waals surface area contributed by atoms with Gasteiger partial charge in [-0.25, -0.2) is 4.79 Å². The fraction of sp³-hybridized carbons (Fsp3) is 0.400. The van der Waals surface area contributed by atoms with Crippen molar-refractivity contribution >= 4 is 0 Å². The highest BCUT2D eigenvalue weighted by atomic mass is 16.1. The molecule has 4 nitrogen and oxygen atoms in total. The van der Waals surface area contributed by atoms with E-state index in [1.54, 1.807) is 22.4 Å². The summed E-state index contributed by atoms with van der Waals surface area (Å²) in [7, 11) is 1.77. The quantitative estimate of drug-likeness (QED) is 0.890. The molecule has 1 saturated heterocycles. The van der Waals surface area contributed by atoms with Crippen molar-refractivity contribution in [1.82, 2.24) is 14.5 Å². The number of hydrogen-bond acceptors (Lipinski definition) is 2. The zero-order valence-corrected chi connectivity index (χ0v) is 11.4. The second-order valence-electron chi connectivity index (χ2n) is 5.47. The van der Waals surface area contributed by atoms with E-state index in [1.165, 1.54) is 12.0 Å². The van der Waals surface area contributed by atoms with Crippen LogP contribution >= 0.6 is 0 Å². The zero-order chi connectivity index (χ0) is 13.5. The van der Waals surface area contributed by atoms with Gasteiger partial charge in [-0.3, -0.25) is 4.57 Å². The Morgan fingerprint density at radius 1 is 1.32 bits per heavy atom. The van der Waals surface area contributed by atoms with Crippen molar-refractivity contribution in [2.24, 2.45) is 7.05 Å². The number of rotatable bonds is 2. The van der Waals surface area contributed by atoms with Gasteiger partial charge in [0.2, 0.25) is 0 Å². The van der Waals surface area contributed by atoms with E-state index in [0.29, 0.717) is 0 Å². The average Bonchev–Trinajstić information content (AvgIpc) is 2.99. The van der Waals surface area contributed by atoms with Gasteiger partial charge in [0.05, 0.1) is 5.69 Å². The second kappa shape index (κ2) is 4.38. The van der Waals surface area contributed by atoms with Crippen LogP contribution in [0.3, 0.4) is 0 Å². The molecule has 1 aliphatic heterocycles. The Morgan fingerprint density at radius 3 is 2.79 bits per heavy atom. The van der Waals surface area contributed by atoms with Crippen molar-refractivity contribution in [2.45, 2.75) is 25.3 Å². The lowest BCUT2D eigenvalue weighted by Crippen LogP contribution is -2.33. The summed E-state index contributed by atoms with van der Waals surface area (Å²) in [6.07, 6.45) is 5.93. The molecule has 0 spiro atoms. The van der Waals surface area contributed by atoms with Gasteiger partial charge < -0.3 is 9.88 Å². The Morgan fingerprint density at radius 2 is 2.16 bits per heavy atom. The standard InChI is InChI=1S/C15H19N3O/c1-15(7-4-8-16-15)12-5-3-6-13(11-12)18-10-9-17(2)14(18)19/h3,5-6,9-11,16H,4,7-8H2,1-2H3. The van der Waals surface area contributed by atoms with Gasteiger partial charge in [0, 0.05) is 25.0 Å². The molecule has 1 unspecified atom stereocenters. The van der Waals surface area contributed by atoms with Gasteiger partial charge in [-0.05, 0) is 44.0 Å². The molecule has 1 aromatic carbocycles. The van der Waals surface area contributed by atoms with Gasteiger partial charge in [0.15, 0.2) is 0 Å². The van der Waals surface area contributed by atoms with Crippen LogP contribution in [0.15, 0.2) is 41.5 Å². The highest BCUT2D eigenvalue weighted by Crippen LogP contribution is 2.30. The van der Waals surface area contributed by atoms with Gasteiger partial charge in [-0.15, -0.1) is 0 Å². The third-order valence-electron chi connectivity index (χ3n) is 4.08. The second-order valence-corrected chi connectivity index (χ2v) is 5.47. The summed E-state index contributed by atoms with van der Waals surface area (Å²) in [6.45, 7) is 3.29. The number of aromatic nitrogens is 2. The first-order valence-electron chi connectivity index (χ1n) is 6.70. The van der Waals surface area contributed by atoms with Gasteiger partial charge in [-0.2, -0.15) is 0 Å². The maximum atomic E-state index is 12.0. The number of aryl methyl sites for hydroxylation is 1. The number of imidazole rings is 1. The van der Waals surface area contributed by atoms with E-state index in [1.807, 2.05) is 18.3 Å². The molecule has 4 heteroatoms. The molecular formula is C15H19N3O. The largest absolute Gasteiger partial charge is 0.332 e. The number of nitrogens with zero attached hydrogens (tertiary/aromatic N) is 2. The van der Waals surface area contributed by atoms with Crippen LogP contribution in [0.2, 0.25) is 0 Å². The topological polar surface area (TPSA) is 39.0 Å². The lowest BCUT2D eigenvalue weighted by atomic mass is 9.90. The van der Waals surface area contributed by atoms with E-state index in [4.69, 9.17) is 0 Å². The Labute approximate surface area is 112 Å². The molecule has 3 rings (SSSR count). The zero-order valence-electron chi connectivity index (χ0n) is 11.4. The summed E-state index contributed by atoms with van der Waals surface area (Å²) in [5, 5.41) is 3.56. The van der Waals surface area contributed by atoms with Crippen molar-refractivity contribution < 1.29 is 0 Å². The molecule has 0 bridgehead atoms. The molecule has 0 amide bonds. The minimum absolute atomic E-state index is 0.0123. The van der Waals surface area contributed by atoms with Gasteiger partial charge in [-0.1, -0.05) is 12.1 Å². The van der Waals surface area contributed by atoms with E-state index in [-0.39, 0.29) is 11.2 Å². The van der Waals surface area contributed by atoms with Crippen LogP contribution in [0, 0.1) is 0 Å². The fourth-order valence-electron chi connectivity index (χ4n) is 2.80. The number of nitrogens with one attached hydrogen (secondary N) is 1. The van der Waals surface area contributed by atoms with Crippen LogP contribution in [0.4, 0.5) is 0 Å². The molecule has 100 valence electrons. The Hall–Kier alpha value is -1.81. The summed E-state index contributed by atoms with van der Waals surface area (Å²) in [5.74, 6) is 0. The van der Waals surface area contributed by atoms with Crippen LogP contribution in [-0.2, 0) is 12.6 Å². The average molecular weight is 257 g/mol. The van der Waals surface area contributed by atoms with Gasteiger partial charge >= 0.3 is 5.69 Å². The minimum Gasteiger partial charge on any atom is -0.308 e. The van der Waals surface area contributed by atoms with E-state index in [9.17, 15) is 4.79 Å². The molecule has 2 aromatic rings. The van der Waals surface area contributed by atoms with E-state index in [0.717, 1.165) is 18.7 Å². The summed E-state index contributed by atoms with van der Waals surface area (Å²) in [6, 6.07) is 8.24. The summed E-state index contributed by atoms with van der Waals surface area (Å²) < 4.78 is 3.27. The predicted octanol–water partition coefficient (Wildman–Crippen LogP) is 1.77. The third kappa shape index (κ3) is 2.02. The van der Waals surface area contributed by atoms with Crippen molar-refractivity contribution in [1.29, 1.82) is 0 Å². The van der Waals surface area contributed by atoms with Gasteiger partial charge in [0.25, 0.3) is 0 Å². The molecular weight excluding hydrogens is 238 g/mol. The number of hydrogen-bond donors (Lipinski definition) is 1. The predicted molar refractivity (Wildman–Crippen MR) is 75.6 cm³/mol. The normalized spacial score (nSPS) is 22.8. The first-order chi connectivity index (χ1) is 9.10. The molecule has 1 N–H and O–H groups in total. The van der Waals surface area contributed by atoms with E-state index < -0.39 is 0 Å². The molecule has 1 fully saturated rings. The molecule has 0 saturated carbocycles. The smallest absolute Gasteiger partial charge is 0.308 e. The Bertz CT molecular complexity index is 647. The van der Waals surface area contributed by atoms with Crippen molar-refractivity contribution in [3.63, 3.8) is 0 Å². The fourth-order valence-corrected chi connectivity index (χ4v) is 2.80. The lowest BCUT2D eigenvalue weighted by molar-refractivity contribution is 0.434. The first kappa shape index (κ1) is 12.2. The van der Waals surface area contributed by atoms with E-state index in [2.05, 4.69) is 24.4 Å². The van der Waals surface area contributed by atoms with Crippen LogP contribution < -0.4 is 11.0 Å². The van der Waals surface area contributed by atoms with E-state index >= 15 is 0 Å². The molecule has 0 radical (unpaired) electrons. The van der Waals surface area contributed by atoms with Crippen LogP contribution in [0.1, 0.15) is 25.3 Å². The van der Waals surface area contributed by atoms with Crippen LogP contribution in [0.25, 0.3) is 5.69 Å². The molecule has 1 atom stereocenters. The SMILES string of the molecule is Cn1ccn(-c2cccc(C3(C)CCCN3)c2)c1=O. The van der Waals surface area contributed by atoms with Crippen molar-refractivity contribution in [2.75, 3.05) is 6.54 Å². The molecule has 1 aromatic heterocycles. The highest BCUT2D eigenvalue weighted by Gasteiger charge is 2.29. The first-order valence-corrected chi connectivity index (χ1v) is 6.70. The summed E-state index contributed by atoms with van der Waals surface area (Å²) in [4.78, 5) is 12.0. The monoisotopic (exact) mass is 257 g/mol. The minimum atomic E-state index is -0.0123. The van der Waals surface area contributed by atoms with Gasteiger partial charge in [0.1, 0.15) is 0 Å². The molecule has 1 aliphatic rings. The number of benzene rings is 1. The molecule has 0 aliphatic carbocycles. The third-order valence-corrected chi connectivity index (χ3v) is 4.08. The molecule has 2 heterocycles. The lowest BCUT2D eigenvalue weighted by Gasteiger charge is -2.25. The van der Waals surface area contributed by atoms with Crippen LogP contribution in [-0.4, -0.2) is 15.7 Å².